The molecule has 88 valence electrons. The fourth-order valence-corrected chi connectivity index (χ4v) is 1.49. The molecule has 0 aromatic heterocycles. The molecule has 2 nitrogen and oxygen atoms in total. The Morgan fingerprint density at radius 2 is 1.62 bits per heavy atom. The largest absolute Gasteiger partial charge is 0.457 e. The zero-order valence-corrected chi connectivity index (χ0v) is 10.4. The van der Waals surface area contributed by atoms with E-state index in [2.05, 4.69) is 13.8 Å². The number of ether oxygens (including phenoxy) is 1. The highest BCUT2D eigenvalue weighted by molar-refractivity contribution is 5.71. The van der Waals surface area contributed by atoms with E-state index in [1.807, 2.05) is 44.2 Å². The minimum atomic E-state index is -0.143. The van der Waals surface area contributed by atoms with Gasteiger partial charge in [0.1, 0.15) is 6.10 Å². The van der Waals surface area contributed by atoms with E-state index in [9.17, 15) is 4.79 Å². The van der Waals surface area contributed by atoms with E-state index in [1.165, 1.54) is 0 Å². The summed E-state index contributed by atoms with van der Waals surface area (Å²) in [5.74, 6) is 0.0672. The Morgan fingerprint density at radius 1 is 1.06 bits per heavy atom. The summed E-state index contributed by atoms with van der Waals surface area (Å²) in [6.07, 6.45) is -0.143. The van der Waals surface area contributed by atoms with Crippen molar-refractivity contribution in [3.63, 3.8) is 0 Å². The van der Waals surface area contributed by atoms with Crippen LogP contribution >= 0.6 is 0 Å². The lowest BCUT2D eigenvalue weighted by atomic mass is 9.99. The van der Waals surface area contributed by atoms with Crippen molar-refractivity contribution in [3.05, 3.63) is 35.9 Å². The molecule has 0 aliphatic rings. The fraction of sp³-hybridized carbons (Fsp3) is 0.500. The Bertz CT molecular complexity index is 328. The number of carbonyl (C=O) groups is 1. The van der Waals surface area contributed by atoms with Crippen molar-refractivity contribution in [1.29, 1.82) is 0 Å². The maximum atomic E-state index is 11.6. The molecule has 0 amide bonds. The maximum absolute atomic E-state index is 11.6. The predicted octanol–water partition coefficient (Wildman–Crippen LogP) is 3.58. The Kier molecular flexibility index (Phi) is 4.53. The Morgan fingerprint density at radius 3 is 2.06 bits per heavy atom. The van der Waals surface area contributed by atoms with Gasteiger partial charge in [0.05, 0.1) is 5.92 Å². The van der Waals surface area contributed by atoms with Crippen LogP contribution in [0.5, 0.6) is 0 Å². The average molecular weight is 220 g/mol. The van der Waals surface area contributed by atoms with Gasteiger partial charge in [0.2, 0.25) is 0 Å². The topological polar surface area (TPSA) is 26.3 Å². The van der Waals surface area contributed by atoms with Crippen molar-refractivity contribution >= 4 is 5.97 Å². The maximum Gasteiger partial charge on any atom is 0.308 e. The van der Waals surface area contributed by atoms with Crippen molar-refractivity contribution in [3.8, 4) is 0 Å². The second kappa shape index (κ2) is 5.69. The summed E-state index contributed by atoms with van der Waals surface area (Å²) in [5, 5.41) is 0. The number of benzene rings is 1. The van der Waals surface area contributed by atoms with Crippen LogP contribution in [0.4, 0.5) is 0 Å². The second-order valence-corrected chi connectivity index (χ2v) is 4.67. The number of esters is 1. The van der Waals surface area contributed by atoms with Crippen LogP contribution in [0.2, 0.25) is 0 Å². The average Bonchev–Trinajstić information content (AvgIpc) is 2.26. The fourth-order valence-electron chi connectivity index (χ4n) is 1.49. The predicted molar refractivity (Wildman–Crippen MR) is 65.0 cm³/mol. The van der Waals surface area contributed by atoms with Gasteiger partial charge in [0.15, 0.2) is 0 Å². The van der Waals surface area contributed by atoms with Crippen molar-refractivity contribution < 1.29 is 9.53 Å². The molecule has 0 saturated heterocycles. The first-order chi connectivity index (χ1) is 7.52. The Labute approximate surface area is 97.6 Å². The Hall–Kier alpha value is -1.31. The van der Waals surface area contributed by atoms with Crippen molar-refractivity contribution in [2.24, 2.45) is 11.8 Å². The molecule has 0 radical (unpaired) electrons. The standard InChI is InChI=1S/C14H20O2/c1-10(2)13(16-14(15)11(3)4)12-8-6-5-7-9-12/h5-11,13H,1-4H3/t13-/m1/s1. The number of carbonyl (C=O) groups excluding carboxylic acids is 1. The first kappa shape index (κ1) is 12.8. The third-order valence-electron chi connectivity index (χ3n) is 2.45. The molecule has 0 unspecified atom stereocenters. The van der Waals surface area contributed by atoms with Gasteiger partial charge in [-0.05, 0) is 11.5 Å². The normalized spacial score (nSPS) is 12.9. The summed E-state index contributed by atoms with van der Waals surface area (Å²) >= 11 is 0. The summed E-state index contributed by atoms with van der Waals surface area (Å²) in [6.45, 7) is 7.83. The molecule has 0 fully saturated rings. The third-order valence-corrected chi connectivity index (χ3v) is 2.45. The quantitative estimate of drug-likeness (QED) is 0.725. The highest BCUT2D eigenvalue weighted by atomic mass is 16.5. The van der Waals surface area contributed by atoms with Crippen molar-refractivity contribution in [1.82, 2.24) is 0 Å². The van der Waals surface area contributed by atoms with Crippen LogP contribution in [0, 0.1) is 11.8 Å². The van der Waals surface area contributed by atoms with Gasteiger partial charge < -0.3 is 4.74 Å². The van der Waals surface area contributed by atoms with Crippen LogP contribution < -0.4 is 0 Å². The summed E-state index contributed by atoms with van der Waals surface area (Å²) in [6, 6.07) is 9.89. The van der Waals surface area contributed by atoms with Gasteiger partial charge in [-0.15, -0.1) is 0 Å². The van der Waals surface area contributed by atoms with Crippen molar-refractivity contribution in [2.75, 3.05) is 0 Å². The lowest BCUT2D eigenvalue weighted by molar-refractivity contribution is -0.155. The number of hydrogen-bond acceptors (Lipinski definition) is 2. The first-order valence-electron chi connectivity index (χ1n) is 5.77. The minimum Gasteiger partial charge on any atom is -0.457 e. The molecular formula is C14H20O2. The monoisotopic (exact) mass is 220 g/mol. The summed E-state index contributed by atoms with van der Waals surface area (Å²) in [7, 11) is 0. The number of rotatable bonds is 4. The molecule has 1 aromatic carbocycles. The highest BCUT2D eigenvalue weighted by Gasteiger charge is 2.21. The zero-order chi connectivity index (χ0) is 12.1. The zero-order valence-electron chi connectivity index (χ0n) is 10.4. The van der Waals surface area contributed by atoms with Crippen LogP contribution in [0.15, 0.2) is 30.3 Å². The molecule has 16 heavy (non-hydrogen) atoms. The Balaban J connectivity index is 2.81. The van der Waals surface area contributed by atoms with E-state index < -0.39 is 0 Å². The molecule has 0 spiro atoms. The van der Waals surface area contributed by atoms with Crippen LogP contribution in [0.25, 0.3) is 0 Å². The first-order valence-corrected chi connectivity index (χ1v) is 5.77. The van der Waals surface area contributed by atoms with E-state index in [1.54, 1.807) is 0 Å². The molecule has 0 bridgehead atoms. The lowest BCUT2D eigenvalue weighted by Gasteiger charge is -2.22. The van der Waals surface area contributed by atoms with Gasteiger partial charge in [-0.1, -0.05) is 58.0 Å². The van der Waals surface area contributed by atoms with E-state index in [0.717, 1.165) is 5.56 Å². The molecule has 0 N–H and O–H groups in total. The molecule has 1 atom stereocenters. The SMILES string of the molecule is CC(C)C(=O)O[C@@H](c1ccccc1)C(C)C. The summed E-state index contributed by atoms with van der Waals surface area (Å²) in [4.78, 5) is 11.6. The minimum absolute atomic E-state index is 0.0787. The third kappa shape index (κ3) is 3.37. The van der Waals surface area contributed by atoms with E-state index >= 15 is 0 Å². The smallest absolute Gasteiger partial charge is 0.308 e. The molecule has 0 aliphatic heterocycles. The molecule has 0 aliphatic carbocycles. The molecule has 1 aromatic rings. The van der Waals surface area contributed by atoms with Crippen LogP contribution in [0.3, 0.4) is 0 Å². The summed E-state index contributed by atoms with van der Waals surface area (Å²) in [5.41, 5.74) is 1.06. The van der Waals surface area contributed by atoms with Crippen LogP contribution in [0.1, 0.15) is 39.4 Å². The highest BCUT2D eigenvalue weighted by Crippen LogP contribution is 2.26. The van der Waals surface area contributed by atoms with Gasteiger partial charge >= 0.3 is 5.97 Å². The van der Waals surface area contributed by atoms with Crippen molar-refractivity contribution in [2.45, 2.75) is 33.8 Å². The van der Waals surface area contributed by atoms with Crippen LogP contribution in [-0.2, 0) is 9.53 Å². The van der Waals surface area contributed by atoms with E-state index in [0.29, 0.717) is 0 Å². The lowest BCUT2D eigenvalue weighted by Crippen LogP contribution is -2.19. The van der Waals surface area contributed by atoms with Gasteiger partial charge in [0, 0.05) is 0 Å². The van der Waals surface area contributed by atoms with Gasteiger partial charge in [-0.3, -0.25) is 4.79 Å². The molecule has 2 heteroatoms. The number of hydrogen-bond donors (Lipinski definition) is 0. The molecule has 1 rings (SSSR count). The van der Waals surface area contributed by atoms with E-state index in [4.69, 9.17) is 4.74 Å². The van der Waals surface area contributed by atoms with Gasteiger partial charge in [0.25, 0.3) is 0 Å². The second-order valence-electron chi connectivity index (χ2n) is 4.67. The molecule has 0 saturated carbocycles. The molecular weight excluding hydrogens is 200 g/mol. The van der Waals surface area contributed by atoms with Gasteiger partial charge in [-0.25, -0.2) is 0 Å². The summed E-state index contributed by atoms with van der Waals surface area (Å²) < 4.78 is 5.52. The van der Waals surface area contributed by atoms with Crippen LogP contribution in [-0.4, -0.2) is 5.97 Å². The van der Waals surface area contributed by atoms with Gasteiger partial charge in [-0.2, -0.15) is 0 Å². The molecule has 0 heterocycles. The van der Waals surface area contributed by atoms with E-state index in [-0.39, 0.29) is 23.9 Å².